The Morgan fingerprint density at radius 3 is 2.25 bits per heavy atom. The van der Waals surface area contributed by atoms with Crippen LogP contribution >= 0.6 is 15.9 Å². The van der Waals surface area contributed by atoms with E-state index < -0.39 is 0 Å². The van der Waals surface area contributed by atoms with Crippen LogP contribution < -0.4 is 4.90 Å². The number of carbonyl (C=O) groups is 2. The largest absolute Gasteiger partial charge is 0.274 e. The van der Waals surface area contributed by atoms with Crippen LogP contribution in [0.15, 0.2) is 28.7 Å². The van der Waals surface area contributed by atoms with E-state index in [1.807, 2.05) is 12.1 Å². The first kappa shape index (κ1) is 11.3. The molecule has 0 bridgehead atoms. The monoisotopic (exact) mass is 281 g/mol. The first-order chi connectivity index (χ1) is 7.59. The lowest BCUT2D eigenvalue weighted by atomic mass is 10.2. The van der Waals surface area contributed by atoms with Crippen LogP contribution in [0.1, 0.15) is 19.8 Å². The highest BCUT2D eigenvalue weighted by atomic mass is 79.9. The molecule has 16 heavy (non-hydrogen) atoms. The Labute approximate surface area is 103 Å². The number of nitrogens with zero attached hydrogens (tertiary/aromatic N) is 1. The van der Waals surface area contributed by atoms with Crippen LogP contribution in [0, 0.1) is 5.92 Å². The van der Waals surface area contributed by atoms with Gasteiger partial charge >= 0.3 is 0 Å². The van der Waals surface area contributed by atoms with E-state index in [2.05, 4.69) is 15.9 Å². The van der Waals surface area contributed by atoms with Gasteiger partial charge in [-0.05, 0) is 37.1 Å². The predicted octanol–water partition coefficient (Wildman–Crippen LogP) is 2.74. The number of hydrogen-bond acceptors (Lipinski definition) is 2. The fourth-order valence-corrected chi connectivity index (χ4v) is 1.83. The first-order valence-corrected chi connectivity index (χ1v) is 5.99. The molecule has 0 saturated heterocycles. The summed E-state index contributed by atoms with van der Waals surface area (Å²) in [5.74, 6) is -0.249. The third kappa shape index (κ3) is 2.32. The van der Waals surface area contributed by atoms with E-state index in [1.165, 1.54) is 11.8 Å². The SMILES string of the molecule is CC(=O)N(C(=O)C1CC1)c1ccc(Br)cc1. The molecule has 4 heteroatoms. The molecule has 3 nitrogen and oxygen atoms in total. The second-order valence-electron chi connectivity index (χ2n) is 3.94. The molecule has 1 aliphatic carbocycles. The van der Waals surface area contributed by atoms with Gasteiger partial charge in [-0.15, -0.1) is 0 Å². The van der Waals surface area contributed by atoms with Crippen molar-refractivity contribution in [3.05, 3.63) is 28.7 Å². The van der Waals surface area contributed by atoms with Crippen LogP contribution in [-0.2, 0) is 9.59 Å². The molecule has 2 rings (SSSR count). The van der Waals surface area contributed by atoms with Gasteiger partial charge in [-0.1, -0.05) is 15.9 Å². The maximum Gasteiger partial charge on any atom is 0.236 e. The predicted molar refractivity (Wildman–Crippen MR) is 65.0 cm³/mol. The van der Waals surface area contributed by atoms with Crippen LogP contribution in [0.2, 0.25) is 0 Å². The zero-order valence-corrected chi connectivity index (χ0v) is 10.5. The quantitative estimate of drug-likeness (QED) is 0.836. The number of rotatable bonds is 2. The van der Waals surface area contributed by atoms with E-state index >= 15 is 0 Å². The minimum absolute atomic E-state index is 0.0487. The van der Waals surface area contributed by atoms with Crippen LogP contribution in [0.5, 0.6) is 0 Å². The maximum atomic E-state index is 11.9. The van der Waals surface area contributed by atoms with Crippen molar-refractivity contribution < 1.29 is 9.59 Å². The Morgan fingerprint density at radius 1 is 1.25 bits per heavy atom. The molecule has 1 fully saturated rings. The molecule has 84 valence electrons. The Balaban J connectivity index is 2.28. The number of imide groups is 1. The van der Waals surface area contributed by atoms with Crippen molar-refractivity contribution in [1.29, 1.82) is 0 Å². The highest BCUT2D eigenvalue weighted by Crippen LogP contribution is 2.33. The van der Waals surface area contributed by atoms with Crippen molar-refractivity contribution >= 4 is 33.4 Å². The minimum Gasteiger partial charge on any atom is -0.274 e. The Morgan fingerprint density at radius 2 is 1.81 bits per heavy atom. The standard InChI is InChI=1S/C12H12BrNO2/c1-8(15)14(12(16)9-2-3-9)11-6-4-10(13)5-7-11/h4-7,9H,2-3H2,1H3. The molecule has 0 spiro atoms. The summed E-state index contributed by atoms with van der Waals surface area (Å²) in [6.45, 7) is 1.42. The Hall–Kier alpha value is -1.16. The molecule has 1 aromatic rings. The minimum atomic E-state index is -0.223. The van der Waals surface area contributed by atoms with Gasteiger partial charge < -0.3 is 0 Å². The molecule has 0 atom stereocenters. The molecule has 0 heterocycles. The maximum absolute atomic E-state index is 11.9. The van der Waals surface area contributed by atoms with Gasteiger partial charge in [-0.25, -0.2) is 0 Å². The molecular formula is C12H12BrNO2. The summed E-state index contributed by atoms with van der Waals surface area (Å²) in [4.78, 5) is 24.7. The molecule has 1 aliphatic rings. The van der Waals surface area contributed by atoms with Crippen molar-refractivity contribution in [1.82, 2.24) is 0 Å². The molecule has 0 N–H and O–H groups in total. The molecule has 0 unspecified atom stereocenters. The van der Waals surface area contributed by atoms with E-state index in [-0.39, 0.29) is 17.7 Å². The smallest absolute Gasteiger partial charge is 0.236 e. The number of halogens is 1. The van der Waals surface area contributed by atoms with Gasteiger partial charge in [0.15, 0.2) is 0 Å². The van der Waals surface area contributed by atoms with Crippen LogP contribution in [0.25, 0.3) is 0 Å². The number of carbonyl (C=O) groups excluding carboxylic acids is 2. The first-order valence-electron chi connectivity index (χ1n) is 5.19. The topological polar surface area (TPSA) is 37.4 Å². The van der Waals surface area contributed by atoms with Gasteiger partial charge in [-0.2, -0.15) is 0 Å². The van der Waals surface area contributed by atoms with Crippen LogP contribution in [-0.4, -0.2) is 11.8 Å². The van der Waals surface area contributed by atoms with Crippen molar-refractivity contribution in [2.75, 3.05) is 4.90 Å². The summed E-state index contributed by atoms with van der Waals surface area (Å²) >= 11 is 3.32. The van der Waals surface area contributed by atoms with E-state index in [0.29, 0.717) is 5.69 Å². The highest BCUT2D eigenvalue weighted by molar-refractivity contribution is 9.10. The summed E-state index contributed by atoms with van der Waals surface area (Å²) in [5.41, 5.74) is 0.646. The molecule has 1 aromatic carbocycles. The molecular weight excluding hydrogens is 270 g/mol. The van der Waals surface area contributed by atoms with Crippen molar-refractivity contribution in [2.45, 2.75) is 19.8 Å². The number of anilines is 1. The second kappa shape index (κ2) is 4.37. The van der Waals surface area contributed by atoms with Crippen LogP contribution in [0.4, 0.5) is 5.69 Å². The second-order valence-corrected chi connectivity index (χ2v) is 4.86. The number of amides is 2. The Kier molecular flexibility index (Phi) is 3.10. The lowest BCUT2D eigenvalue weighted by molar-refractivity contribution is -0.126. The summed E-state index contributed by atoms with van der Waals surface area (Å²) in [6.07, 6.45) is 1.80. The molecule has 2 amide bonds. The average molecular weight is 282 g/mol. The van der Waals surface area contributed by atoms with E-state index in [4.69, 9.17) is 0 Å². The van der Waals surface area contributed by atoms with Crippen molar-refractivity contribution in [3.8, 4) is 0 Å². The molecule has 0 aromatic heterocycles. The van der Waals surface area contributed by atoms with E-state index in [1.54, 1.807) is 12.1 Å². The highest BCUT2D eigenvalue weighted by Gasteiger charge is 2.35. The van der Waals surface area contributed by atoms with Gasteiger partial charge in [0.1, 0.15) is 0 Å². The van der Waals surface area contributed by atoms with Crippen molar-refractivity contribution in [2.24, 2.45) is 5.92 Å². The van der Waals surface area contributed by atoms with E-state index in [9.17, 15) is 9.59 Å². The van der Waals surface area contributed by atoms with Gasteiger partial charge in [0.05, 0.1) is 5.69 Å². The fraction of sp³-hybridized carbons (Fsp3) is 0.333. The lowest BCUT2D eigenvalue weighted by Gasteiger charge is -2.19. The summed E-state index contributed by atoms with van der Waals surface area (Å²) in [7, 11) is 0. The van der Waals surface area contributed by atoms with Gasteiger partial charge in [0.2, 0.25) is 11.8 Å². The zero-order chi connectivity index (χ0) is 11.7. The van der Waals surface area contributed by atoms with Crippen LogP contribution in [0.3, 0.4) is 0 Å². The third-order valence-corrected chi connectivity index (χ3v) is 3.08. The number of benzene rings is 1. The van der Waals surface area contributed by atoms with Gasteiger partial charge in [-0.3, -0.25) is 14.5 Å². The molecule has 1 saturated carbocycles. The number of hydrogen-bond donors (Lipinski definition) is 0. The molecule has 0 radical (unpaired) electrons. The molecule has 0 aliphatic heterocycles. The van der Waals surface area contributed by atoms with Crippen molar-refractivity contribution in [3.63, 3.8) is 0 Å². The summed E-state index contributed by atoms with van der Waals surface area (Å²) in [5, 5.41) is 0. The van der Waals surface area contributed by atoms with Gasteiger partial charge in [0.25, 0.3) is 0 Å². The Bertz CT molecular complexity index is 423. The normalized spacial score (nSPS) is 14.6. The summed E-state index contributed by atoms with van der Waals surface area (Å²) in [6, 6.07) is 7.19. The zero-order valence-electron chi connectivity index (χ0n) is 8.94. The third-order valence-electron chi connectivity index (χ3n) is 2.55. The summed E-state index contributed by atoms with van der Waals surface area (Å²) < 4.78 is 0.929. The fourth-order valence-electron chi connectivity index (χ4n) is 1.57. The average Bonchev–Trinajstić information content (AvgIpc) is 3.04. The van der Waals surface area contributed by atoms with E-state index in [0.717, 1.165) is 17.3 Å². The van der Waals surface area contributed by atoms with Gasteiger partial charge in [0, 0.05) is 17.3 Å². The lowest BCUT2D eigenvalue weighted by Crippen LogP contribution is -2.36.